The molecule has 1 aliphatic heterocycles. The maximum absolute atomic E-state index is 11.9. The van der Waals surface area contributed by atoms with E-state index in [-0.39, 0.29) is 5.88 Å². The summed E-state index contributed by atoms with van der Waals surface area (Å²) in [5, 5.41) is 4.51. The first-order valence-electron chi connectivity index (χ1n) is 4.97. The third-order valence-corrected chi connectivity index (χ3v) is 2.57. The summed E-state index contributed by atoms with van der Waals surface area (Å²) in [7, 11) is 0. The third-order valence-electron chi connectivity index (χ3n) is 2.57. The summed E-state index contributed by atoms with van der Waals surface area (Å²) in [4.78, 5) is 26.3. The largest absolute Gasteiger partial charge is 0.417 e. The number of hydrogen-bond acceptors (Lipinski definition) is 4. The van der Waals surface area contributed by atoms with Crippen LogP contribution in [-0.2, 0) is 10.3 Å². The molecule has 2 N–H and O–H groups in total. The van der Waals surface area contributed by atoms with E-state index in [2.05, 4.69) is 20.4 Å². The normalized spacial score (nSPS) is 22.9. The number of halogens is 2. The predicted molar refractivity (Wildman–Crippen MR) is 54.9 cm³/mol. The van der Waals surface area contributed by atoms with Crippen molar-refractivity contribution in [1.29, 1.82) is 0 Å². The monoisotopic (exact) mass is 257 g/mol. The van der Waals surface area contributed by atoms with Gasteiger partial charge in [0.25, 0.3) is 5.91 Å². The van der Waals surface area contributed by atoms with Gasteiger partial charge in [-0.2, -0.15) is 8.78 Å². The highest BCUT2D eigenvalue weighted by molar-refractivity contribution is 6.07. The first-order chi connectivity index (χ1) is 8.41. The Morgan fingerprint density at radius 1 is 1.39 bits per heavy atom. The number of rotatable bonds is 3. The van der Waals surface area contributed by atoms with Crippen molar-refractivity contribution < 1.29 is 23.1 Å². The molecule has 0 spiro atoms. The summed E-state index contributed by atoms with van der Waals surface area (Å²) < 4.78 is 27.9. The summed E-state index contributed by atoms with van der Waals surface area (Å²) in [6, 6.07) is 1.97. The number of ether oxygens (including phenoxy) is 1. The van der Waals surface area contributed by atoms with E-state index in [1.807, 2.05) is 0 Å². The second-order valence-corrected chi connectivity index (χ2v) is 3.80. The van der Waals surface area contributed by atoms with E-state index in [1.165, 1.54) is 25.3 Å². The van der Waals surface area contributed by atoms with Gasteiger partial charge in [0.2, 0.25) is 5.88 Å². The molecule has 1 fully saturated rings. The van der Waals surface area contributed by atoms with Gasteiger partial charge in [-0.1, -0.05) is 0 Å². The summed E-state index contributed by atoms with van der Waals surface area (Å²) in [6.07, 6.45) is 1.20. The fourth-order valence-electron chi connectivity index (χ4n) is 1.58. The van der Waals surface area contributed by atoms with Crippen LogP contribution in [0.5, 0.6) is 5.88 Å². The average Bonchev–Trinajstić information content (AvgIpc) is 2.53. The van der Waals surface area contributed by atoms with Gasteiger partial charge in [0.15, 0.2) is 0 Å². The van der Waals surface area contributed by atoms with E-state index < -0.39 is 24.1 Å². The number of amides is 3. The number of nitrogens with zero attached hydrogens (tertiary/aromatic N) is 1. The van der Waals surface area contributed by atoms with Crippen molar-refractivity contribution in [3.8, 4) is 5.88 Å². The lowest BCUT2D eigenvalue weighted by Gasteiger charge is -2.20. The molecule has 8 heteroatoms. The van der Waals surface area contributed by atoms with Crippen molar-refractivity contribution in [3.05, 3.63) is 23.9 Å². The van der Waals surface area contributed by atoms with Gasteiger partial charge < -0.3 is 10.1 Å². The Bertz CT molecular complexity index is 492. The molecule has 0 aromatic carbocycles. The summed E-state index contributed by atoms with van der Waals surface area (Å²) in [5.74, 6) is -0.793. The highest BCUT2D eigenvalue weighted by Crippen LogP contribution is 2.24. The molecule has 1 saturated heterocycles. The Hall–Kier alpha value is -2.25. The Labute approximate surface area is 100 Å². The van der Waals surface area contributed by atoms with Crippen molar-refractivity contribution in [2.24, 2.45) is 0 Å². The zero-order valence-electron chi connectivity index (χ0n) is 9.24. The number of urea groups is 1. The molecule has 2 rings (SSSR count). The molecular weight excluding hydrogens is 248 g/mol. The second-order valence-electron chi connectivity index (χ2n) is 3.80. The summed E-state index contributed by atoms with van der Waals surface area (Å²) >= 11 is 0. The lowest BCUT2D eigenvalue weighted by atomic mass is 9.94. The molecule has 0 saturated carbocycles. The van der Waals surface area contributed by atoms with Crippen LogP contribution in [0.3, 0.4) is 0 Å². The Morgan fingerprint density at radius 3 is 2.56 bits per heavy atom. The maximum atomic E-state index is 11.9. The fourth-order valence-corrected chi connectivity index (χ4v) is 1.58. The number of aromatic nitrogens is 1. The van der Waals surface area contributed by atoms with Crippen LogP contribution >= 0.6 is 0 Å². The lowest BCUT2D eigenvalue weighted by molar-refractivity contribution is -0.123. The number of alkyl halides is 2. The zero-order chi connectivity index (χ0) is 13.3. The molecule has 1 aromatic rings. The van der Waals surface area contributed by atoms with E-state index in [0.29, 0.717) is 5.56 Å². The SMILES string of the molecule is CC1(c2ccc(OC(F)F)nc2)NC(=O)NC1=O. The predicted octanol–water partition coefficient (Wildman–Crippen LogP) is 0.738. The van der Waals surface area contributed by atoms with E-state index in [4.69, 9.17) is 0 Å². The smallest absolute Gasteiger partial charge is 0.388 e. The highest BCUT2D eigenvalue weighted by atomic mass is 19.3. The molecule has 1 unspecified atom stereocenters. The van der Waals surface area contributed by atoms with Crippen molar-refractivity contribution in [1.82, 2.24) is 15.6 Å². The molecule has 0 radical (unpaired) electrons. The van der Waals surface area contributed by atoms with Crippen LogP contribution in [0.2, 0.25) is 0 Å². The minimum atomic E-state index is -2.96. The average molecular weight is 257 g/mol. The van der Waals surface area contributed by atoms with Gasteiger partial charge in [-0.25, -0.2) is 9.78 Å². The Balaban J connectivity index is 2.24. The van der Waals surface area contributed by atoms with Gasteiger partial charge >= 0.3 is 12.6 Å². The number of carbonyl (C=O) groups is 2. The van der Waals surface area contributed by atoms with E-state index in [1.54, 1.807) is 0 Å². The topological polar surface area (TPSA) is 80.3 Å². The van der Waals surface area contributed by atoms with Crippen molar-refractivity contribution in [2.45, 2.75) is 19.1 Å². The van der Waals surface area contributed by atoms with Crippen LogP contribution in [0.25, 0.3) is 0 Å². The van der Waals surface area contributed by atoms with E-state index in [9.17, 15) is 18.4 Å². The Kier molecular flexibility index (Phi) is 2.85. The number of hydrogen-bond donors (Lipinski definition) is 2. The minimum absolute atomic E-state index is 0.262. The van der Waals surface area contributed by atoms with Gasteiger partial charge in [-0.15, -0.1) is 0 Å². The number of nitrogens with one attached hydrogen (secondary N) is 2. The van der Waals surface area contributed by atoms with Crippen molar-refractivity contribution in [3.63, 3.8) is 0 Å². The number of carbonyl (C=O) groups excluding carboxylic acids is 2. The molecule has 96 valence electrons. The van der Waals surface area contributed by atoms with Crippen molar-refractivity contribution in [2.75, 3.05) is 0 Å². The molecular formula is C10H9F2N3O3. The van der Waals surface area contributed by atoms with Crippen LogP contribution in [0, 0.1) is 0 Å². The zero-order valence-corrected chi connectivity index (χ0v) is 9.24. The van der Waals surface area contributed by atoms with Crippen molar-refractivity contribution >= 4 is 11.9 Å². The number of imide groups is 1. The molecule has 1 atom stereocenters. The first kappa shape index (κ1) is 12.2. The number of pyridine rings is 1. The van der Waals surface area contributed by atoms with Gasteiger partial charge in [0, 0.05) is 17.8 Å². The first-order valence-corrected chi connectivity index (χ1v) is 4.97. The molecule has 18 heavy (non-hydrogen) atoms. The molecule has 2 heterocycles. The van der Waals surface area contributed by atoms with Crippen LogP contribution < -0.4 is 15.4 Å². The molecule has 0 bridgehead atoms. The molecule has 6 nitrogen and oxygen atoms in total. The van der Waals surface area contributed by atoms with Crippen LogP contribution in [-0.4, -0.2) is 23.5 Å². The minimum Gasteiger partial charge on any atom is -0.417 e. The van der Waals surface area contributed by atoms with E-state index in [0.717, 1.165) is 0 Å². The molecule has 1 aliphatic rings. The fraction of sp³-hybridized carbons (Fsp3) is 0.300. The standard InChI is InChI=1S/C10H9F2N3O3/c1-10(7(16)14-9(17)15-10)5-2-3-6(13-4-5)18-8(11)12/h2-4,8H,1H3,(H2,14,15,16,17). The maximum Gasteiger partial charge on any atom is 0.388 e. The van der Waals surface area contributed by atoms with Crippen LogP contribution in [0.1, 0.15) is 12.5 Å². The molecule has 3 amide bonds. The summed E-state index contributed by atoms with van der Waals surface area (Å²) in [6.45, 7) is -1.48. The van der Waals surface area contributed by atoms with Gasteiger partial charge in [-0.3, -0.25) is 10.1 Å². The summed E-state index contributed by atoms with van der Waals surface area (Å²) in [5.41, 5.74) is -0.888. The lowest BCUT2D eigenvalue weighted by Crippen LogP contribution is -2.40. The van der Waals surface area contributed by atoms with Gasteiger partial charge in [0.1, 0.15) is 5.54 Å². The van der Waals surface area contributed by atoms with E-state index >= 15 is 0 Å². The quantitative estimate of drug-likeness (QED) is 0.782. The second kappa shape index (κ2) is 4.21. The van der Waals surface area contributed by atoms with Crippen LogP contribution in [0.4, 0.5) is 13.6 Å². The Morgan fingerprint density at radius 2 is 2.11 bits per heavy atom. The molecule has 0 aliphatic carbocycles. The van der Waals surface area contributed by atoms with Gasteiger partial charge in [-0.05, 0) is 13.0 Å². The third kappa shape index (κ3) is 2.08. The molecule has 1 aromatic heterocycles. The van der Waals surface area contributed by atoms with Gasteiger partial charge in [0.05, 0.1) is 0 Å². The van der Waals surface area contributed by atoms with Crippen LogP contribution in [0.15, 0.2) is 18.3 Å². The highest BCUT2D eigenvalue weighted by Gasteiger charge is 2.43.